The molecule has 0 N–H and O–H groups in total. The molecule has 8 aromatic carbocycles. The van der Waals surface area contributed by atoms with Crippen LogP contribution in [-0.4, -0.2) is 14.4 Å². The van der Waals surface area contributed by atoms with E-state index in [1.807, 2.05) is 18.2 Å². The molecule has 3 heteroatoms. The van der Waals surface area contributed by atoms with Crippen LogP contribution in [0.15, 0.2) is 200 Å². The second-order valence-corrected chi connectivity index (χ2v) is 14.2. The van der Waals surface area contributed by atoms with Crippen LogP contribution in [0.5, 0.6) is 0 Å². The van der Waals surface area contributed by atoms with E-state index in [-0.39, 0.29) is 0 Å². The van der Waals surface area contributed by atoms with E-state index in [4.69, 9.17) is 9.97 Å². The Morgan fingerprint density at radius 1 is 0.273 bits per heavy atom. The van der Waals surface area contributed by atoms with Crippen LogP contribution in [0.25, 0.3) is 105 Å². The largest absolute Gasteiger partial charge is 0.308 e. The van der Waals surface area contributed by atoms with Crippen molar-refractivity contribution in [3.05, 3.63) is 200 Å². The average molecular weight is 700 g/mol. The van der Waals surface area contributed by atoms with Crippen LogP contribution in [0.1, 0.15) is 0 Å². The standard InChI is InChI=1S/C52H33N3/c1-3-15-34(16-4-1)36-19-13-20-37(31-36)47-33-48(54-52(53-47)35-17-5-2-6-18-35)38-29-30-50-46(32-38)45-27-14-26-44-42-24-10-8-22-40(42)39-21-7-9-23-41(39)43-25-11-12-28-49(43)55(50)51(44)45/h1-33H. The Bertz CT molecular complexity index is 3310. The third-order valence-electron chi connectivity index (χ3n) is 11.0. The lowest BCUT2D eigenvalue weighted by molar-refractivity contribution is 1.18. The summed E-state index contributed by atoms with van der Waals surface area (Å²) in [5.41, 5.74) is 10.7. The summed E-state index contributed by atoms with van der Waals surface area (Å²) in [6, 6.07) is 71.6. The molecule has 0 fully saturated rings. The summed E-state index contributed by atoms with van der Waals surface area (Å²) in [6.45, 7) is 0. The fraction of sp³-hybridized carbons (Fsp3) is 0. The maximum atomic E-state index is 5.24. The quantitative estimate of drug-likeness (QED) is 0.183. The van der Waals surface area contributed by atoms with Crippen LogP contribution in [0, 0.1) is 0 Å². The number of rotatable bonds is 4. The van der Waals surface area contributed by atoms with Crippen molar-refractivity contribution in [3.63, 3.8) is 0 Å². The van der Waals surface area contributed by atoms with Crippen LogP contribution < -0.4 is 0 Å². The molecular weight excluding hydrogens is 667 g/mol. The Labute approximate surface area is 318 Å². The van der Waals surface area contributed by atoms with Crippen molar-refractivity contribution in [1.29, 1.82) is 0 Å². The minimum absolute atomic E-state index is 0.703. The smallest absolute Gasteiger partial charge is 0.160 e. The molecule has 0 atom stereocenters. The molecule has 0 aliphatic heterocycles. The molecule has 0 unspecified atom stereocenters. The van der Waals surface area contributed by atoms with E-state index in [1.54, 1.807) is 0 Å². The summed E-state index contributed by atoms with van der Waals surface area (Å²) in [5, 5.41) is 9.73. The number of hydrogen-bond acceptors (Lipinski definition) is 2. The van der Waals surface area contributed by atoms with E-state index in [2.05, 4.69) is 186 Å². The molecule has 11 rings (SSSR count). The molecule has 0 radical (unpaired) electrons. The van der Waals surface area contributed by atoms with Gasteiger partial charge in [0.05, 0.1) is 27.9 Å². The summed E-state index contributed by atoms with van der Waals surface area (Å²) in [4.78, 5) is 10.4. The Hall–Kier alpha value is -7.36. The molecule has 3 heterocycles. The fourth-order valence-corrected chi connectivity index (χ4v) is 8.45. The number of nitrogens with zero attached hydrogens (tertiary/aromatic N) is 3. The van der Waals surface area contributed by atoms with Crippen molar-refractivity contribution in [2.75, 3.05) is 0 Å². The Morgan fingerprint density at radius 2 is 0.727 bits per heavy atom. The van der Waals surface area contributed by atoms with Gasteiger partial charge in [0, 0.05) is 38.2 Å². The number of benzene rings is 8. The normalized spacial score (nSPS) is 11.6. The van der Waals surface area contributed by atoms with Gasteiger partial charge in [0.25, 0.3) is 0 Å². The summed E-state index contributed by atoms with van der Waals surface area (Å²) < 4.78 is 2.48. The molecule has 55 heavy (non-hydrogen) atoms. The van der Waals surface area contributed by atoms with Crippen molar-refractivity contribution in [2.45, 2.75) is 0 Å². The van der Waals surface area contributed by atoms with Crippen LogP contribution in [0.4, 0.5) is 0 Å². The maximum absolute atomic E-state index is 5.24. The van der Waals surface area contributed by atoms with Gasteiger partial charge in [-0.25, -0.2) is 9.97 Å². The van der Waals surface area contributed by atoms with Crippen LogP contribution in [-0.2, 0) is 0 Å². The zero-order chi connectivity index (χ0) is 36.3. The zero-order valence-corrected chi connectivity index (χ0v) is 29.9. The molecular formula is C52H33N3. The number of fused-ring (bicyclic) bond motifs is 10. The van der Waals surface area contributed by atoms with Gasteiger partial charge in [0.2, 0.25) is 0 Å². The third-order valence-corrected chi connectivity index (χ3v) is 11.0. The first-order chi connectivity index (χ1) is 27.3. The minimum atomic E-state index is 0.703. The van der Waals surface area contributed by atoms with Crippen molar-refractivity contribution >= 4 is 59.6 Å². The third kappa shape index (κ3) is 5.13. The Morgan fingerprint density at radius 3 is 1.42 bits per heavy atom. The van der Waals surface area contributed by atoms with Gasteiger partial charge in [0.1, 0.15) is 0 Å². The molecule has 0 saturated carbocycles. The molecule has 0 bridgehead atoms. The van der Waals surface area contributed by atoms with E-state index < -0.39 is 0 Å². The lowest BCUT2D eigenvalue weighted by atomic mass is 9.99. The molecule has 0 aliphatic rings. The molecule has 3 nitrogen and oxygen atoms in total. The van der Waals surface area contributed by atoms with Crippen molar-refractivity contribution < 1.29 is 0 Å². The number of hydrogen-bond donors (Lipinski definition) is 0. The highest BCUT2D eigenvalue weighted by molar-refractivity contribution is 6.25. The van der Waals surface area contributed by atoms with Gasteiger partial charge in [-0.15, -0.1) is 0 Å². The van der Waals surface area contributed by atoms with Gasteiger partial charge < -0.3 is 4.40 Å². The van der Waals surface area contributed by atoms with Gasteiger partial charge in [-0.2, -0.15) is 0 Å². The summed E-state index contributed by atoms with van der Waals surface area (Å²) in [7, 11) is 0. The molecule has 0 spiro atoms. The second kappa shape index (κ2) is 12.6. The highest BCUT2D eigenvalue weighted by Gasteiger charge is 2.17. The van der Waals surface area contributed by atoms with Gasteiger partial charge >= 0.3 is 0 Å². The first-order valence-corrected chi connectivity index (χ1v) is 18.7. The Balaban J connectivity index is 1.21. The molecule has 11 aromatic rings. The van der Waals surface area contributed by atoms with Crippen molar-refractivity contribution in [1.82, 2.24) is 14.4 Å². The van der Waals surface area contributed by atoms with Crippen molar-refractivity contribution in [2.24, 2.45) is 0 Å². The predicted octanol–water partition coefficient (Wildman–Crippen LogP) is 13.7. The van der Waals surface area contributed by atoms with Gasteiger partial charge in [-0.05, 0) is 63.0 Å². The highest BCUT2D eigenvalue weighted by atomic mass is 14.9. The number of para-hydroxylation sites is 2. The zero-order valence-electron chi connectivity index (χ0n) is 29.9. The maximum Gasteiger partial charge on any atom is 0.160 e. The minimum Gasteiger partial charge on any atom is -0.308 e. The molecule has 256 valence electrons. The molecule has 0 aliphatic carbocycles. The Kier molecular flexibility index (Phi) is 7.17. The lowest BCUT2D eigenvalue weighted by Gasteiger charge is -2.11. The summed E-state index contributed by atoms with van der Waals surface area (Å²) in [5.74, 6) is 0.703. The highest BCUT2D eigenvalue weighted by Crippen LogP contribution is 2.40. The van der Waals surface area contributed by atoms with Crippen LogP contribution in [0.2, 0.25) is 0 Å². The molecule has 0 amide bonds. The van der Waals surface area contributed by atoms with E-state index in [0.29, 0.717) is 5.82 Å². The van der Waals surface area contributed by atoms with E-state index in [9.17, 15) is 0 Å². The first kappa shape index (κ1) is 31.2. The predicted molar refractivity (Wildman–Crippen MR) is 231 cm³/mol. The molecule has 0 saturated heterocycles. The van der Waals surface area contributed by atoms with Crippen molar-refractivity contribution in [3.8, 4) is 45.0 Å². The van der Waals surface area contributed by atoms with Gasteiger partial charge in [-0.3, -0.25) is 0 Å². The lowest BCUT2D eigenvalue weighted by Crippen LogP contribution is -1.96. The molecule has 3 aromatic heterocycles. The second-order valence-electron chi connectivity index (χ2n) is 14.2. The number of aromatic nitrogens is 3. The van der Waals surface area contributed by atoms with Gasteiger partial charge in [0.15, 0.2) is 5.82 Å². The average Bonchev–Trinajstić information content (AvgIpc) is 3.62. The SMILES string of the molecule is c1ccc(-c2cccc(-c3cc(-c4ccc5c(c4)c4cccc6c7ccccc7c7ccccc7c7ccccc7n5c64)nc(-c4ccccc4)n3)c2)cc1. The van der Waals surface area contributed by atoms with E-state index >= 15 is 0 Å². The fourth-order valence-electron chi connectivity index (χ4n) is 8.45. The summed E-state index contributed by atoms with van der Waals surface area (Å²) >= 11 is 0. The monoisotopic (exact) mass is 699 g/mol. The topological polar surface area (TPSA) is 30.2 Å². The van der Waals surface area contributed by atoms with E-state index in [1.165, 1.54) is 54.2 Å². The van der Waals surface area contributed by atoms with Crippen LogP contribution >= 0.6 is 0 Å². The first-order valence-electron chi connectivity index (χ1n) is 18.7. The summed E-state index contributed by atoms with van der Waals surface area (Å²) in [6.07, 6.45) is 0. The van der Waals surface area contributed by atoms with Crippen LogP contribution in [0.3, 0.4) is 0 Å². The van der Waals surface area contributed by atoms with E-state index in [0.717, 1.165) is 44.7 Å². The van der Waals surface area contributed by atoms with Gasteiger partial charge in [-0.1, -0.05) is 170 Å².